The maximum atomic E-state index is 12.2. The Kier molecular flexibility index (Phi) is 3.35. The van der Waals surface area contributed by atoms with E-state index in [0.717, 1.165) is 19.5 Å². The molecule has 0 bridgehead atoms. The van der Waals surface area contributed by atoms with Crippen molar-refractivity contribution < 1.29 is 9.53 Å². The van der Waals surface area contributed by atoms with E-state index < -0.39 is 0 Å². The Balaban J connectivity index is 2.06. The molecule has 1 atom stereocenters. The molecule has 0 aromatic carbocycles. The van der Waals surface area contributed by atoms with E-state index >= 15 is 0 Å². The minimum absolute atomic E-state index is 0.0305. The van der Waals surface area contributed by atoms with Gasteiger partial charge in [-0.15, -0.1) is 0 Å². The smallest absolute Gasteiger partial charge is 0.265 e. The summed E-state index contributed by atoms with van der Waals surface area (Å²) in [5.41, 5.74) is 5.79. The van der Waals surface area contributed by atoms with Crippen molar-refractivity contribution in [1.29, 1.82) is 0 Å². The number of carbonyl (C=O) groups excluding carboxylic acids is 1. The summed E-state index contributed by atoms with van der Waals surface area (Å²) < 4.78 is 9.01. The van der Waals surface area contributed by atoms with Gasteiger partial charge in [-0.1, -0.05) is 6.92 Å². The number of aromatic nitrogens is 1. The van der Waals surface area contributed by atoms with E-state index in [4.69, 9.17) is 10.5 Å². The predicted molar refractivity (Wildman–Crippen MR) is 66.3 cm³/mol. The molecule has 0 saturated carbocycles. The number of hydrogen-bond donors (Lipinski definition) is 1. The monoisotopic (exact) mass is 255 g/mol. The molecule has 6 heteroatoms. The quantitative estimate of drug-likeness (QED) is 0.873. The topological polar surface area (TPSA) is 68.5 Å². The van der Waals surface area contributed by atoms with Crippen molar-refractivity contribution in [3.8, 4) is 5.88 Å². The van der Waals surface area contributed by atoms with Crippen molar-refractivity contribution in [2.75, 3.05) is 26.7 Å². The van der Waals surface area contributed by atoms with E-state index in [1.807, 2.05) is 4.90 Å². The summed E-state index contributed by atoms with van der Waals surface area (Å²) in [5, 5.41) is 0. The fourth-order valence-electron chi connectivity index (χ4n) is 1.98. The van der Waals surface area contributed by atoms with Crippen molar-refractivity contribution in [3.05, 3.63) is 10.9 Å². The van der Waals surface area contributed by atoms with E-state index in [-0.39, 0.29) is 11.3 Å². The van der Waals surface area contributed by atoms with Gasteiger partial charge in [-0.05, 0) is 29.9 Å². The van der Waals surface area contributed by atoms with Crippen LogP contribution in [0.4, 0.5) is 0 Å². The molecule has 1 aliphatic rings. The van der Waals surface area contributed by atoms with Gasteiger partial charge in [-0.25, -0.2) is 0 Å². The lowest BCUT2D eigenvalue weighted by Gasteiger charge is -2.22. The highest BCUT2D eigenvalue weighted by atomic mass is 32.1. The molecule has 5 nitrogen and oxygen atoms in total. The molecular weight excluding hydrogens is 238 g/mol. The molecule has 1 fully saturated rings. The highest BCUT2D eigenvalue weighted by Crippen LogP contribution is 2.30. The average Bonchev–Trinajstić information content (AvgIpc) is 2.95. The Morgan fingerprint density at radius 2 is 2.53 bits per heavy atom. The zero-order valence-electron chi connectivity index (χ0n) is 10.1. The summed E-state index contributed by atoms with van der Waals surface area (Å²) in [6.07, 6.45) is 0.963. The highest BCUT2D eigenvalue weighted by molar-refractivity contribution is 7.08. The molecule has 17 heavy (non-hydrogen) atoms. The minimum atomic E-state index is 0.0305. The molecular formula is C11H17N3O2S. The first kappa shape index (κ1) is 12.3. The summed E-state index contributed by atoms with van der Waals surface area (Å²) in [5.74, 6) is 0.530. The molecule has 2 heterocycles. The van der Waals surface area contributed by atoms with Crippen LogP contribution in [0, 0.1) is 5.41 Å². The fraction of sp³-hybridized carbons (Fsp3) is 0.636. The second-order valence-electron chi connectivity index (χ2n) is 4.73. The van der Waals surface area contributed by atoms with Crippen LogP contribution in [0.2, 0.25) is 0 Å². The van der Waals surface area contributed by atoms with Crippen molar-refractivity contribution in [1.82, 2.24) is 9.27 Å². The first-order valence-electron chi connectivity index (χ1n) is 5.58. The zero-order chi connectivity index (χ0) is 12.5. The van der Waals surface area contributed by atoms with Crippen molar-refractivity contribution in [2.24, 2.45) is 11.1 Å². The minimum Gasteiger partial charge on any atom is -0.480 e. The van der Waals surface area contributed by atoms with Gasteiger partial charge in [-0.3, -0.25) is 4.79 Å². The Morgan fingerprint density at radius 1 is 1.76 bits per heavy atom. The van der Waals surface area contributed by atoms with Gasteiger partial charge in [-0.2, -0.15) is 4.37 Å². The van der Waals surface area contributed by atoms with Gasteiger partial charge in [0.2, 0.25) is 5.88 Å². The van der Waals surface area contributed by atoms with Gasteiger partial charge in [0.1, 0.15) is 4.88 Å². The van der Waals surface area contributed by atoms with E-state index in [1.54, 1.807) is 13.2 Å². The highest BCUT2D eigenvalue weighted by Gasteiger charge is 2.35. The summed E-state index contributed by atoms with van der Waals surface area (Å²) >= 11 is 1.18. The molecule has 0 spiro atoms. The lowest BCUT2D eigenvalue weighted by Crippen LogP contribution is -2.34. The molecule has 1 aromatic heterocycles. The van der Waals surface area contributed by atoms with E-state index in [9.17, 15) is 4.79 Å². The number of ether oxygens (including phenoxy) is 1. The second-order valence-corrected chi connectivity index (χ2v) is 5.53. The van der Waals surface area contributed by atoms with Crippen LogP contribution < -0.4 is 10.5 Å². The van der Waals surface area contributed by atoms with Crippen LogP contribution >= 0.6 is 11.5 Å². The first-order chi connectivity index (χ1) is 8.08. The molecule has 94 valence electrons. The molecule has 2 N–H and O–H groups in total. The molecule has 1 unspecified atom stereocenters. The normalized spacial score (nSPS) is 24.1. The number of carbonyl (C=O) groups is 1. The number of methoxy groups -OCH3 is 1. The van der Waals surface area contributed by atoms with Crippen LogP contribution in [-0.4, -0.2) is 41.9 Å². The average molecular weight is 255 g/mol. The van der Waals surface area contributed by atoms with E-state index in [1.165, 1.54) is 11.5 Å². The molecule has 0 radical (unpaired) electrons. The largest absolute Gasteiger partial charge is 0.480 e. The van der Waals surface area contributed by atoms with Crippen LogP contribution in [0.3, 0.4) is 0 Å². The lowest BCUT2D eigenvalue weighted by atomic mass is 9.90. The van der Waals surface area contributed by atoms with E-state index in [2.05, 4.69) is 11.3 Å². The van der Waals surface area contributed by atoms with Crippen LogP contribution in [0.1, 0.15) is 23.0 Å². The van der Waals surface area contributed by atoms with Gasteiger partial charge in [0, 0.05) is 19.2 Å². The second kappa shape index (κ2) is 4.62. The van der Waals surface area contributed by atoms with Crippen LogP contribution in [0.15, 0.2) is 6.07 Å². The maximum absolute atomic E-state index is 12.2. The SMILES string of the molecule is COc1cc(C(=O)N2CCC(C)(CN)C2)sn1. The zero-order valence-corrected chi connectivity index (χ0v) is 10.9. The molecule has 1 aliphatic heterocycles. The van der Waals surface area contributed by atoms with Gasteiger partial charge in [0.05, 0.1) is 7.11 Å². The number of likely N-dealkylation sites (tertiary alicyclic amines) is 1. The summed E-state index contributed by atoms with van der Waals surface area (Å²) in [4.78, 5) is 14.7. The summed E-state index contributed by atoms with van der Waals surface area (Å²) in [6, 6.07) is 1.69. The Hall–Kier alpha value is -1.14. The summed E-state index contributed by atoms with van der Waals surface area (Å²) in [6.45, 7) is 4.23. The standard InChI is InChI=1S/C11H17N3O2S/c1-11(6-12)3-4-14(7-11)10(15)8-5-9(16-2)13-17-8/h5H,3-4,6-7,12H2,1-2H3. The van der Waals surface area contributed by atoms with Crippen LogP contribution in [0.25, 0.3) is 0 Å². The number of nitrogens with zero attached hydrogens (tertiary/aromatic N) is 2. The number of amides is 1. The van der Waals surface area contributed by atoms with Gasteiger partial charge >= 0.3 is 0 Å². The third-order valence-corrected chi connectivity index (χ3v) is 4.01. The van der Waals surface area contributed by atoms with Crippen molar-refractivity contribution in [2.45, 2.75) is 13.3 Å². The van der Waals surface area contributed by atoms with Crippen LogP contribution in [-0.2, 0) is 0 Å². The number of nitrogens with two attached hydrogens (primary N) is 1. The maximum Gasteiger partial charge on any atom is 0.265 e. The fourth-order valence-corrected chi connectivity index (χ4v) is 2.65. The summed E-state index contributed by atoms with van der Waals surface area (Å²) in [7, 11) is 1.55. The predicted octanol–water partition coefficient (Wildman–Crippen LogP) is 0.963. The Morgan fingerprint density at radius 3 is 3.06 bits per heavy atom. The molecule has 1 saturated heterocycles. The van der Waals surface area contributed by atoms with Gasteiger partial charge in [0.15, 0.2) is 0 Å². The lowest BCUT2D eigenvalue weighted by molar-refractivity contribution is 0.0781. The van der Waals surface area contributed by atoms with Gasteiger partial charge in [0.25, 0.3) is 5.91 Å². The van der Waals surface area contributed by atoms with E-state index in [0.29, 0.717) is 17.3 Å². The van der Waals surface area contributed by atoms with Crippen molar-refractivity contribution in [3.63, 3.8) is 0 Å². The van der Waals surface area contributed by atoms with Crippen molar-refractivity contribution >= 4 is 17.4 Å². The first-order valence-corrected chi connectivity index (χ1v) is 6.35. The molecule has 2 rings (SSSR count). The van der Waals surface area contributed by atoms with Crippen LogP contribution in [0.5, 0.6) is 5.88 Å². The Labute approximate surface area is 105 Å². The number of hydrogen-bond acceptors (Lipinski definition) is 5. The number of rotatable bonds is 3. The molecule has 0 aliphatic carbocycles. The third kappa shape index (κ3) is 2.42. The molecule has 1 amide bonds. The van der Waals surface area contributed by atoms with Gasteiger partial charge < -0.3 is 15.4 Å². The third-order valence-electron chi connectivity index (χ3n) is 3.25. The molecule has 1 aromatic rings. The Bertz CT molecular complexity index is 421.